The average molecular weight is 214 g/mol. The molecular formula is C11H10N4O. The van der Waals surface area contributed by atoms with E-state index in [1.807, 2.05) is 28.8 Å². The van der Waals surface area contributed by atoms with Gasteiger partial charge in [0.1, 0.15) is 11.6 Å². The predicted molar refractivity (Wildman–Crippen MR) is 58.9 cm³/mol. The van der Waals surface area contributed by atoms with Crippen LogP contribution in [0.2, 0.25) is 0 Å². The molecule has 0 saturated heterocycles. The fourth-order valence-electron chi connectivity index (χ4n) is 1.65. The number of hydrogen-bond acceptors (Lipinski definition) is 4. The maximum atomic E-state index is 5.67. The van der Waals surface area contributed by atoms with Gasteiger partial charge in [-0.1, -0.05) is 0 Å². The molecule has 0 bridgehead atoms. The number of rotatable bonds is 2. The molecule has 0 aliphatic carbocycles. The lowest BCUT2D eigenvalue weighted by atomic mass is 10.3. The molecule has 0 aliphatic rings. The zero-order chi connectivity index (χ0) is 11.0. The minimum Gasteiger partial charge on any atom is -0.469 e. The lowest BCUT2D eigenvalue weighted by molar-refractivity contribution is 0.516. The topological polar surface area (TPSA) is 69.3 Å². The molecule has 5 heteroatoms. The Hall–Kier alpha value is -2.30. The van der Waals surface area contributed by atoms with Crippen LogP contribution in [-0.4, -0.2) is 14.6 Å². The Kier molecular flexibility index (Phi) is 1.89. The van der Waals surface area contributed by atoms with Crippen LogP contribution in [0, 0.1) is 0 Å². The number of furan rings is 1. The molecule has 16 heavy (non-hydrogen) atoms. The Labute approximate surface area is 91.5 Å². The molecule has 0 spiro atoms. The molecular weight excluding hydrogens is 204 g/mol. The summed E-state index contributed by atoms with van der Waals surface area (Å²) in [7, 11) is 0. The highest BCUT2D eigenvalue weighted by atomic mass is 16.3. The van der Waals surface area contributed by atoms with Crippen molar-refractivity contribution in [1.29, 1.82) is 0 Å². The van der Waals surface area contributed by atoms with Crippen LogP contribution in [0.25, 0.3) is 5.65 Å². The number of anilines is 1. The summed E-state index contributed by atoms with van der Waals surface area (Å²) in [6.07, 6.45) is 4.14. The molecule has 3 aromatic rings. The fourth-order valence-corrected chi connectivity index (χ4v) is 1.65. The summed E-state index contributed by atoms with van der Waals surface area (Å²) < 4.78 is 7.18. The second-order valence-electron chi connectivity index (χ2n) is 3.56. The Balaban J connectivity index is 2.04. The van der Waals surface area contributed by atoms with Crippen molar-refractivity contribution in [2.24, 2.45) is 0 Å². The summed E-state index contributed by atoms with van der Waals surface area (Å²) in [6, 6.07) is 7.38. The van der Waals surface area contributed by atoms with Gasteiger partial charge in [0, 0.05) is 18.0 Å². The number of hydrogen-bond donors (Lipinski definition) is 1. The Morgan fingerprint density at radius 2 is 2.25 bits per heavy atom. The van der Waals surface area contributed by atoms with Gasteiger partial charge in [0.15, 0.2) is 5.65 Å². The SMILES string of the molecule is Nc1ccn2c(Cc3ccco3)nnc2c1. The van der Waals surface area contributed by atoms with Crippen LogP contribution in [0.4, 0.5) is 5.69 Å². The maximum Gasteiger partial charge on any atom is 0.162 e. The number of aromatic nitrogens is 3. The third-order valence-electron chi connectivity index (χ3n) is 2.42. The zero-order valence-electron chi connectivity index (χ0n) is 8.50. The van der Waals surface area contributed by atoms with Crippen molar-refractivity contribution in [3.05, 3.63) is 48.3 Å². The van der Waals surface area contributed by atoms with E-state index in [0.29, 0.717) is 12.1 Å². The highest BCUT2D eigenvalue weighted by molar-refractivity contribution is 5.51. The van der Waals surface area contributed by atoms with Crippen molar-refractivity contribution in [2.45, 2.75) is 6.42 Å². The summed E-state index contributed by atoms with van der Waals surface area (Å²) in [5.74, 6) is 1.70. The van der Waals surface area contributed by atoms with E-state index in [1.165, 1.54) is 0 Å². The first kappa shape index (κ1) is 8.96. The molecule has 2 N–H and O–H groups in total. The smallest absolute Gasteiger partial charge is 0.162 e. The molecule has 0 aliphatic heterocycles. The summed E-state index contributed by atoms with van der Waals surface area (Å²) >= 11 is 0. The van der Waals surface area contributed by atoms with E-state index in [-0.39, 0.29) is 0 Å². The van der Waals surface area contributed by atoms with Crippen molar-refractivity contribution in [1.82, 2.24) is 14.6 Å². The summed E-state index contributed by atoms with van der Waals surface area (Å²) in [5, 5.41) is 8.16. The van der Waals surface area contributed by atoms with Crippen LogP contribution in [0.3, 0.4) is 0 Å². The van der Waals surface area contributed by atoms with Crippen LogP contribution in [-0.2, 0) is 6.42 Å². The highest BCUT2D eigenvalue weighted by Crippen LogP contribution is 2.12. The molecule has 3 heterocycles. The van der Waals surface area contributed by atoms with Gasteiger partial charge >= 0.3 is 0 Å². The zero-order valence-corrected chi connectivity index (χ0v) is 8.50. The standard InChI is InChI=1S/C11H10N4O/c12-8-3-4-15-10(6-8)13-14-11(15)7-9-2-1-5-16-9/h1-6H,7,12H2. The molecule has 3 rings (SSSR count). The fraction of sp³-hybridized carbons (Fsp3) is 0.0909. The minimum atomic E-state index is 0.623. The third kappa shape index (κ3) is 1.42. The maximum absolute atomic E-state index is 5.67. The summed E-state index contributed by atoms with van der Waals surface area (Å²) in [6.45, 7) is 0. The molecule has 0 atom stereocenters. The molecule has 0 amide bonds. The van der Waals surface area contributed by atoms with Gasteiger partial charge in [-0.25, -0.2) is 0 Å². The van der Waals surface area contributed by atoms with Gasteiger partial charge in [-0.05, 0) is 18.2 Å². The van der Waals surface area contributed by atoms with Gasteiger partial charge in [-0.15, -0.1) is 10.2 Å². The molecule has 80 valence electrons. The molecule has 0 fully saturated rings. The summed E-state index contributed by atoms with van der Waals surface area (Å²) in [4.78, 5) is 0. The number of nitrogen functional groups attached to an aromatic ring is 1. The highest BCUT2D eigenvalue weighted by Gasteiger charge is 2.07. The molecule has 3 aromatic heterocycles. The van der Waals surface area contributed by atoms with E-state index in [4.69, 9.17) is 10.2 Å². The molecule has 0 unspecified atom stereocenters. The van der Waals surface area contributed by atoms with Crippen LogP contribution in [0.5, 0.6) is 0 Å². The van der Waals surface area contributed by atoms with Crippen LogP contribution in [0.15, 0.2) is 41.1 Å². The second kappa shape index (κ2) is 3.37. The van der Waals surface area contributed by atoms with Crippen molar-refractivity contribution in [3.8, 4) is 0 Å². The van der Waals surface area contributed by atoms with Gasteiger partial charge in [0.05, 0.1) is 12.7 Å². The monoisotopic (exact) mass is 214 g/mol. The van der Waals surface area contributed by atoms with E-state index in [9.17, 15) is 0 Å². The quantitative estimate of drug-likeness (QED) is 0.701. The second-order valence-corrected chi connectivity index (χ2v) is 3.56. The number of nitrogens with zero attached hydrogens (tertiary/aromatic N) is 3. The summed E-state index contributed by atoms with van der Waals surface area (Å²) in [5.41, 5.74) is 7.11. The molecule has 5 nitrogen and oxygen atoms in total. The van der Waals surface area contributed by atoms with E-state index in [0.717, 1.165) is 17.2 Å². The van der Waals surface area contributed by atoms with Gasteiger partial charge < -0.3 is 10.2 Å². The Morgan fingerprint density at radius 1 is 1.31 bits per heavy atom. The van der Waals surface area contributed by atoms with Crippen molar-refractivity contribution < 1.29 is 4.42 Å². The van der Waals surface area contributed by atoms with Gasteiger partial charge in [0.2, 0.25) is 0 Å². The average Bonchev–Trinajstić information content (AvgIpc) is 2.89. The van der Waals surface area contributed by atoms with Crippen molar-refractivity contribution >= 4 is 11.3 Å². The Morgan fingerprint density at radius 3 is 3.06 bits per heavy atom. The first-order chi connectivity index (χ1) is 7.83. The number of pyridine rings is 1. The van der Waals surface area contributed by atoms with Crippen LogP contribution < -0.4 is 5.73 Å². The van der Waals surface area contributed by atoms with E-state index in [2.05, 4.69) is 10.2 Å². The third-order valence-corrected chi connectivity index (χ3v) is 2.42. The van der Waals surface area contributed by atoms with Gasteiger partial charge in [-0.2, -0.15) is 0 Å². The first-order valence-corrected chi connectivity index (χ1v) is 4.94. The van der Waals surface area contributed by atoms with Crippen molar-refractivity contribution in [2.75, 3.05) is 5.73 Å². The normalized spacial score (nSPS) is 11.0. The largest absolute Gasteiger partial charge is 0.469 e. The molecule has 0 radical (unpaired) electrons. The minimum absolute atomic E-state index is 0.623. The van der Waals surface area contributed by atoms with Crippen LogP contribution in [0.1, 0.15) is 11.6 Å². The molecule has 0 saturated carbocycles. The predicted octanol–water partition coefficient (Wildman–Crippen LogP) is 1.50. The number of nitrogens with two attached hydrogens (primary N) is 1. The number of fused-ring (bicyclic) bond motifs is 1. The van der Waals surface area contributed by atoms with Crippen LogP contribution >= 0.6 is 0 Å². The molecule has 0 aromatic carbocycles. The Bertz CT molecular complexity index is 612. The lowest BCUT2D eigenvalue weighted by Gasteiger charge is -1.98. The van der Waals surface area contributed by atoms with E-state index >= 15 is 0 Å². The lowest BCUT2D eigenvalue weighted by Crippen LogP contribution is -1.96. The van der Waals surface area contributed by atoms with Gasteiger partial charge in [-0.3, -0.25) is 4.40 Å². The van der Waals surface area contributed by atoms with Gasteiger partial charge in [0.25, 0.3) is 0 Å². The van der Waals surface area contributed by atoms with Crippen molar-refractivity contribution in [3.63, 3.8) is 0 Å². The van der Waals surface area contributed by atoms with E-state index < -0.39 is 0 Å². The van der Waals surface area contributed by atoms with E-state index in [1.54, 1.807) is 12.3 Å². The first-order valence-electron chi connectivity index (χ1n) is 4.94.